The molecule has 2 heteroatoms. The van der Waals surface area contributed by atoms with Gasteiger partial charge in [0.25, 0.3) is 0 Å². The number of aliphatic carboxylic acids is 1. The van der Waals surface area contributed by atoms with E-state index in [1.165, 1.54) is 0 Å². The van der Waals surface area contributed by atoms with Gasteiger partial charge < -0.3 is 5.11 Å². The molecule has 0 bridgehead atoms. The molecule has 0 aromatic rings. The molecular weight excluding hydrogens is 80.0 g/mol. The summed E-state index contributed by atoms with van der Waals surface area (Å²) in [6.45, 7) is 1.67. The maximum Gasteiger partial charge on any atom is 0.303 e. The Hall–Kier alpha value is -0.530. The van der Waals surface area contributed by atoms with Crippen molar-refractivity contribution in [1.29, 1.82) is 0 Å². The van der Waals surface area contributed by atoms with Crippen LogP contribution in [0.3, 0.4) is 0 Å². The van der Waals surface area contributed by atoms with E-state index < -0.39 is 12.4 Å². The summed E-state index contributed by atoms with van der Waals surface area (Å²) in [6.07, 6.45) is -0.546. The van der Waals surface area contributed by atoms with Gasteiger partial charge in [0.1, 0.15) is 0 Å². The predicted octanol–water partition coefficient (Wildman–Crippen LogP) is 0.871. The molecule has 0 saturated carbocycles. The van der Waals surface area contributed by atoms with Crippen LogP contribution in [0, 0.1) is 0 Å². The van der Waals surface area contributed by atoms with Crippen molar-refractivity contribution in [2.75, 3.05) is 0 Å². The van der Waals surface area contributed by atoms with Gasteiger partial charge in [-0.15, -0.1) is 0 Å². The zero-order valence-corrected chi connectivity index (χ0v) is 3.64. The molecule has 0 rings (SSSR count). The minimum Gasteiger partial charge on any atom is -0.481 e. The van der Waals surface area contributed by atoms with E-state index in [1.807, 2.05) is 0 Å². The molecule has 0 aliphatic carbocycles. The second kappa shape index (κ2) is 2.69. The Balaban J connectivity index is 3.34. The SMILES string of the molecule is [2H]C(CC)C(=O)O. The van der Waals surface area contributed by atoms with E-state index in [9.17, 15) is 4.79 Å². The number of carboxylic acids is 1. The van der Waals surface area contributed by atoms with Crippen LogP contribution in [0.2, 0.25) is 0 Å². The van der Waals surface area contributed by atoms with Crippen molar-refractivity contribution in [1.82, 2.24) is 0 Å². The van der Waals surface area contributed by atoms with Crippen molar-refractivity contribution in [3.8, 4) is 0 Å². The van der Waals surface area contributed by atoms with E-state index in [0.717, 1.165) is 0 Å². The molecule has 2 nitrogen and oxygen atoms in total. The van der Waals surface area contributed by atoms with E-state index in [4.69, 9.17) is 6.48 Å². The van der Waals surface area contributed by atoms with Crippen LogP contribution >= 0.6 is 0 Å². The molecule has 36 valence electrons. The lowest BCUT2D eigenvalue weighted by atomic mass is 10.4. The van der Waals surface area contributed by atoms with Crippen LogP contribution in [0.5, 0.6) is 0 Å². The van der Waals surface area contributed by atoms with E-state index in [2.05, 4.69) is 0 Å². The zero-order chi connectivity index (χ0) is 5.86. The summed E-state index contributed by atoms with van der Waals surface area (Å²) in [4.78, 5) is 9.74. The van der Waals surface area contributed by atoms with Crippen molar-refractivity contribution in [2.24, 2.45) is 0 Å². The zero-order valence-electron chi connectivity index (χ0n) is 4.64. The normalized spacial score (nSPS) is 15.8. The molecule has 0 heterocycles. The van der Waals surface area contributed by atoms with Crippen LogP contribution in [0.25, 0.3) is 0 Å². The third-order valence-corrected chi connectivity index (χ3v) is 0.379. The molecule has 6 heavy (non-hydrogen) atoms. The average molecular weight is 89.1 g/mol. The smallest absolute Gasteiger partial charge is 0.303 e. The van der Waals surface area contributed by atoms with Crippen LogP contribution in [-0.4, -0.2) is 11.1 Å². The van der Waals surface area contributed by atoms with Crippen LogP contribution in [0.4, 0.5) is 0 Å². The Morgan fingerprint density at radius 2 is 2.67 bits per heavy atom. The van der Waals surface area contributed by atoms with Crippen LogP contribution in [0.15, 0.2) is 0 Å². The van der Waals surface area contributed by atoms with Gasteiger partial charge in [-0.1, -0.05) is 6.92 Å². The van der Waals surface area contributed by atoms with Crippen molar-refractivity contribution in [3.63, 3.8) is 0 Å². The highest BCUT2D eigenvalue weighted by Gasteiger charge is 1.87. The summed E-state index contributed by atoms with van der Waals surface area (Å²) in [5, 5.41) is 7.99. The monoisotopic (exact) mass is 89.1 g/mol. The van der Waals surface area contributed by atoms with Crippen molar-refractivity contribution in [3.05, 3.63) is 0 Å². The molecule has 0 aliphatic rings. The van der Waals surface area contributed by atoms with Gasteiger partial charge in [0, 0.05) is 7.77 Å². The summed E-state index contributed by atoms with van der Waals surface area (Å²) in [5.41, 5.74) is 0. The fourth-order valence-corrected chi connectivity index (χ4v) is 0.175. The Kier molecular flexibility index (Phi) is 1.64. The first-order valence-electron chi connectivity index (χ1n) is 2.41. The third kappa shape index (κ3) is 3.47. The van der Waals surface area contributed by atoms with Crippen LogP contribution < -0.4 is 0 Å². The predicted molar refractivity (Wildman–Crippen MR) is 22.5 cm³/mol. The van der Waals surface area contributed by atoms with E-state index in [1.54, 1.807) is 6.92 Å². The standard InChI is InChI=1S/C4H8O2/c1-2-3-4(5)6/h2-3H2,1H3,(H,5,6)/i3D. The molecule has 0 fully saturated rings. The Labute approximate surface area is 38.2 Å². The first kappa shape index (κ1) is 3.65. The molecule has 0 saturated heterocycles. The van der Waals surface area contributed by atoms with Gasteiger partial charge in [-0.2, -0.15) is 0 Å². The molecule has 1 atom stereocenters. The highest BCUT2D eigenvalue weighted by molar-refractivity contribution is 5.66. The van der Waals surface area contributed by atoms with Gasteiger partial charge in [-0.3, -0.25) is 4.79 Å². The van der Waals surface area contributed by atoms with Gasteiger partial charge in [-0.05, 0) is 6.42 Å². The maximum absolute atomic E-state index is 9.74. The number of rotatable bonds is 2. The lowest BCUT2D eigenvalue weighted by Gasteiger charge is -1.79. The number of hydrogen-bond acceptors (Lipinski definition) is 1. The summed E-state index contributed by atoms with van der Waals surface area (Å²) in [7, 11) is 0. The molecule has 0 spiro atoms. The summed E-state index contributed by atoms with van der Waals surface area (Å²) in [5.74, 6) is -1.04. The van der Waals surface area contributed by atoms with E-state index in [-0.39, 0.29) is 0 Å². The van der Waals surface area contributed by atoms with Gasteiger partial charge in [0.15, 0.2) is 0 Å². The molecule has 0 aromatic heterocycles. The highest BCUT2D eigenvalue weighted by atomic mass is 16.4. The molecule has 1 unspecified atom stereocenters. The first-order chi connectivity index (χ1) is 3.18. The van der Waals surface area contributed by atoms with Crippen molar-refractivity contribution < 1.29 is 11.3 Å². The maximum atomic E-state index is 9.74. The quantitative estimate of drug-likeness (QED) is 0.545. The summed E-state index contributed by atoms with van der Waals surface area (Å²) >= 11 is 0. The summed E-state index contributed by atoms with van der Waals surface area (Å²) < 4.78 is 6.68. The van der Waals surface area contributed by atoms with E-state index >= 15 is 0 Å². The molecule has 0 aliphatic heterocycles. The van der Waals surface area contributed by atoms with Gasteiger partial charge in [-0.25, -0.2) is 0 Å². The lowest BCUT2D eigenvalue weighted by molar-refractivity contribution is -0.137. The molecule has 0 aromatic carbocycles. The number of carboxylic acid groups (broad SMARTS) is 1. The van der Waals surface area contributed by atoms with Gasteiger partial charge in [0.2, 0.25) is 0 Å². The number of hydrogen-bond donors (Lipinski definition) is 1. The van der Waals surface area contributed by atoms with Crippen LogP contribution in [0.1, 0.15) is 21.1 Å². The second-order valence-electron chi connectivity index (χ2n) is 0.951. The Bertz CT molecular complexity index is 72.1. The molecule has 1 N–H and O–H groups in total. The Morgan fingerprint density at radius 3 is 2.67 bits per heavy atom. The highest BCUT2D eigenvalue weighted by Crippen LogP contribution is 1.82. The first-order valence-corrected chi connectivity index (χ1v) is 1.83. The summed E-state index contributed by atoms with van der Waals surface area (Å²) in [6, 6.07) is 0. The minimum atomic E-state index is -1.04. The fraction of sp³-hybridized carbons (Fsp3) is 0.750. The van der Waals surface area contributed by atoms with Crippen molar-refractivity contribution in [2.45, 2.75) is 19.7 Å². The minimum absolute atomic E-state index is 0.384. The fourth-order valence-electron chi connectivity index (χ4n) is 0.175. The molecular formula is C4H8O2. The van der Waals surface area contributed by atoms with Gasteiger partial charge >= 0.3 is 5.97 Å². The topological polar surface area (TPSA) is 37.3 Å². The van der Waals surface area contributed by atoms with E-state index in [0.29, 0.717) is 6.42 Å². The second-order valence-corrected chi connectivity index (χ2v) is 0.951. The largest absolute Gasteiger partial charge is 0.481 e. The molecule has 0 radical (unpaired) electrons. The molecule has 0 amide bonds. The lowest BCUT2D eigenvalue weighted by Crippen LogP contribution is -1.90. The van der Waals surface area contributed by atoms with Crippen LogP contribution in [-0.2, 0) is 4.79 Å². The van der Waals surface area contributed by atoms with Gasteiger partial charge in [0.05, 0.1) is 0 Å². The number of carbonyl (C=O) groups is 1. The third-order valence-electron chi connectivity index (χ3n) is 0.379. The average Bonchev–Trinajstić information content (AvgIpc) is 1.65. The Morgan fingerprint density at radius 1 is 2.17 bits per heavy atom. The van der Waals surface area contributed by atoms with Crippen molar-refractivity contribution >= 4 is 5.97 Å².